The number of carbonyl (C=O) groups is 1. The van der Waals surface area contributed by atoms with Crippen molar-refractivity contribution in [3.8, 4) is 5.69 Å². The summed E-state index contributed by atoms with van der Waals surface area (Å²) in [4.78, 5) is 24.0. The van der Waals surface area contributed by atoms with Gasteiger partial charge in [-0.3, -0.25) is 18.9 Å². The summed E-state index contributed by atoms with van der Waals surface area (Å²) >= 11 is -2.00. The number of nitrogens with zero attached hydrogens (tertiary/aromatic N) is 5. The quantitative estimate of drug-likeness (QED) is 0.338. The van der Waals surface area contributed by atoms with E-state index in [-0.39, 0.29) is 17.8 Å². The first-order chi connectivity index (χ1) is 19.7. The van der Waals surface area contributed by atoms with E-state index in [9.17, 15) is 17.9 Å². The van der Waals surface area contributed by atoms with Crippen LogP contribution in [0.2, 0.25) is 0 Å². The molecular formula is C31H41FN5O3S-. The monoisotopic (exact) mass is 582 g/mol. The second-order valence-corrected chi connectivity index (χ2v) is 12.8. The van der Waals surface area contributed by atoms with Gasteiger partial charge in [0.05, 0.1) is 28.8 Å². The minimum absolute atomic E-state index is 0.00840. The summed E-state index contributed by atoms with van der Waals surface area (Å²) in [6.07, 6.45) is 11.2. The van der Waals surface area contributed by atoms with Crippen molar-refractivity contribution in [2.24, 2.45) is 5.92 Å². The van der Waals surface area contributed by atoms with Crippen LogP contribution in [0.25, 0.3) is 16.6 Å². The number of benzene rings is 1. The van der Waals surface area contributed by atoms with Gasteiger partial charge in [-0.05, 0) is 131 Å². The number of aromatic nitrogens is 2. The Hall–Kier alpha value is -2.66. The second kappa shape index (κ2) is 13.1. The van der Waals surface area contributed by atoms with Crippen LogP contribution in [0.4, 0.5) is 4.39 Å². The average molecular weight is 583 g/mol. The molecule has 1 atom stereocenters. The summed E-state index contributed by atoms with van der Waals surface area (Å²) in [5.41, 5.74) is 3.18. The fourth-order valence-electron chi connectivity index (χ4n) is 6.33. The van der Waals surface area contributed by atoms with Gasteiger partial charge >= 0.3 is 0 Å². The number of hydrogen-bond donors (Lipinski definition) is 0. The zero-order valence-corrected chi connectivity index (χ0v) is 25.1. The maximum absolute atomic E-state index is 14.4. The lowest BCUT2D eigenvalue weighted by Gasteiger charge is -2.35. The van der Waals surface area contributed by atoms with Gasteiger partial charge in [-0.25, -0.2) is 4.39 Å². The lowest BCUT2D eigenvalue weighted by Crippen LogP contribution is -2.38. The number of hydrogen-bond acceptors (Lipinski definition) is 6. The van der Waals surface area contributed by atoms with E-state index in [1.165, 1.54) is 17.7 Å². The van der Waals surface area contributed by atoms with Gasteiger partial charge in [0, 0.05) is 30.9 Å². The van der Waals surface area contributed by atoms with Crippen molar-refractivity contribution < 1.29 is 17.9 Å². The van der Waals surface area contributed by atoms with Crippen molar-refractivity contribution in [3.05, 3.63) is 59.8 Å². The molecule has 1 aromatic carbocycles. The summed E-state index contributed by atoms with van der Waals surface area (Å²) in [6, 6.07) is 6.49. The predicted octanol–water partition coefficient (Wildman–Crippen LogP) is 4.76. The first kappa shape index (κ1) is 29.8. The van der Waals surface area contributed by atoms with Crippen molar-refractivity contribution in [2.75, 3.05) is 45.6 Å². The van der Waals surface area contributed by atoms with Crippen LogP contribution in [-0.4, -0.2) is 90.6 Å². The van der Waals surface area contributed by atoms with Crippen molar-refractivity contribution in [2.45, 2.75) is 57.9 Å². The van der Waals surface area contributed by atoms with E-state index in [1.807, 2.05) is 41.8 Å². The van der Waals surface area contributed by atoms with Crippen LogP contribution in [0, 0.1) is 11.7 Å². The van der Waals surface area contributed by atoms with Gasteiger partial charge in [0.1, 0.15) is 5.82 Å². The standard InChI is InChI=1S/C31H42FN5O3S/c1-22(2)34(3)31(38)27-18-25(32)4-5-29(27)37-20-28(26-6-12-33-19-30(26)37)24-10-16-35(17-11-24)13-7-23-8-14-36(15-9-23)21-41(39)40/h4-6,12,18-20,22-24H,7-11,13-17,21H2,1-3H3,(H,39,40)/p-1. The minimum atomic E-state index is -2.00. The molecule has 1 amide bonds. The highest BCUT2D eigenvalue weighted by Crippen LogP contribution is 2.36. The molecule has 2 aliphatic heterocycles. The number of likely N-dealkylation sites (tertiary alicyclic amines) is 2. The van der Waals surface area contributed by atoms with Crippen LogP contribution in [-0.2, 0) is 11.1 Å². The Morgan fingerprint density at radius 1 is 1.12 bits per heavy atom. The van der Waals surface area contributed by atoms with Gasteiger partial charge < -0.3 is 18.9 Å². The number of halogens is 1. The molecular weight excluding hydrogens is 541 g/mol. The molecule has 2 aromatic heterocycles. The van der Waals surface area contributed by atoms with E-state index in [1.54, 1.807) is 18.0 Å². The topological polar surface area (TPSA) is 84.7 Å². The molecule has 5 rings (SSSR count). The SMILES string of the molecule is CC(C)N(C)C(=O)c1cc(F)ccc1-n1cc(C2CCN(CCC3CCN(CS(=O)[O-])CC3)CC2)c2ccncc21. The average Bonchev–Trinajstić information content (AvgIpc) is 3.35. The van der Waals surface area contributed by atoms with Gasteiger partial charge in [-0.1, -0.05) is 0 Å². The molecule has 222 valence electrons. The number of pyridine rings is 1. The third-order valence-electron chi connectivity index (χ3n) is 9.06. The Labute approximate surface area is 244 Å². The van der Waals surface area contributed by atoms with E-state index in [2.05, 4.69) is 16.1 Å². The highest BCUT2D eigenvalue weighted by atomic mass is 32.2. The van der Waals surface area contributed by atoms with Crippen molar-refractivity contribution in [1.29, 1.82) is 0 Å². The molecule has 0 bridgehead atoms. The van der Waals surface area contributed by atoms with Crippen molar-refractivity contribution >= 4 is 27.9 Å². The maximum atomic E-state index is 14.4. The molecule has 2 saturated heterocycles. The smallest absolute Gasteiger partial charge is 0.256 e. The normalized spacial score (nSPS) is 18.8. The molecule has 0 saturated carbocycles. The molecule has 0 spiro atoms. The molecule has 0 radical (unpaired) electrons. The largest absolute Gasteiger partial charge is 0.771 e. The van der Waals surface area contributed by atoms with E-state index in [0.717, 1.165) is 75.7 Å². The predicted molar refractivity (Wildman–Crippen MR) is 159 cm³/mol. The van der Waals surface area contributed by atoms with Crippen LogP contribution in [0.3, 0.4) is 0 Å². The molecule has 2 aliphatic rings. The molecule has 41 heavy (non-hydrogen) atoms. The summed E-state index contributed by atoms with van der Waals surface area (Å²) in [5.74, 6) is 0.575. The highest BCUT2D eigenvalue weighted by molar-refractivity contribution is 7.79. The fourth-order valence-corrected chi connectivity index (χ4v) is 6.88. The van der Waals surface area contributed by atoms with Crippen molar-refractivity contribution in [3.63, 3.8) is 0 Å². The van der Waals surface area contributed by atoms with Gasteiger partial charge in [-0.15, -0.1) is 0 Å². The molecule has 8 nitrogen and oxygen atoms in total. The number of fused-ring (bicyclic) bond motifs is 1. The molecule has 4 heterocycles. The molecule has 3 aromatic rings. The number of piperidine rings is 2. The van der Waals surface area contributed by atoms with Gasteiger partial charge in [0.2, 0.25) is 0 Å². The van der Waals surface area contributed by atoms with E-state index in [4.69, 9.17) is 0 Å². The summed E-state index contributed by atoms with van der Waals surface area (Å²) < 4.78 is 38.3. The highest BCUT2D eigenvalue weighted by Gasteiger charge is 2.27. The Morgan fingerprint density at radius 2 is 1.83 bits per heavy atom. The number of rotatable bonds is 9. The molecule has 0 N–H and O–H groups in total. The summed E-state index contributed by atoms with van der Waals surface area (Å²) in [7, 11) is 1.75. The lowest BCUT2D eigenvalue weighted by molar-refractivity contribution is 0.0754. The van der Waals surface area contributed by atoms with Crippen molar-refractivity contribution in [1.82, 2.24) is 24.3 Å². The minimum Gasteiger partial charge on any atom is -0.771 e. The Balaban J connectivity index is 1.28. The molecule has 10 heteroatoms. The third kappa shape index (κ3) is 6.88. The second-order valence-electron chi connectivity index (χ2n) is 11.9. The van der Waals surface area contributed by atoms with Crippen LogP contribution >= 0.6 is 0 Å². The van der Waals surface area contributed by atoms with E-state index >= 15 is 0 Å². The molecule has 1 unspecified atom stereocenters. The van der Waals surface area contributed by atoms with Gasteiger partial charge in [0.25, 0.3) is 5.91 Å². The molecule has 0 aliphatic carbocycles. The van der Waals surface area contributed by atoms with Crippen LogP contribution in [0.15, 0.2) is 42.9 Å². The summed E-state index contributed by atoms with van der Waals surface area (Å²) in [5, 5.41) is 1.13. The summed E-state index contributed by atoms with van der Waals surface area (Å²) in [6.45, 7) is 8.79. The molecule has 2 fully saturated rings. The van der Waals surface area contributed by atoms with Crippen LogP contribution in [0.5, 0.6) is 0 Å². The number of carbonyl (C=O) groups excluding carboxylic acids is 1. The maximum Gasteiger partial charge on any atom is 0.256 e. The fraction of sp³-hybridized carbons (Fsp3) is 0.548. The Bertz CT molecular complexity index is 1380. The van der Waals surface area contributed by atoms with Crippen LogP contribution < -0.4 is 0 Å². The zero-order chi connectivity index (χ0) is 29.1. The Kier molecular flexibility index (Phi) is 9.53. The first-order valence-corrected chi connectivity index (χ1v) is 16.0. The van der Waals surface area contributed by atoms with E-state index < -0.39 is 16.9 Å². The third-order valence-corrected chi connectivity index (χ3v) is 9.63. The first-order valence-electron chi connectivity index (χ1n) is 14.7. The van der Waals surface area contributed by atoms with Gasteiger partial charge in [-0.2, -0.15) is 0 Å². The lowest BCUT2D eigenvalue weighted by atomic mass is 9.88. The van der Waals surface area contributed by atoms with Gasteiger partial charge in [0.15, 0.2) is 0 Å². The van der Waals surface area contributed by atoms with E-state index in [0.29, 0.717) is 23.1 Å². The number of amides is 1. The van der Waals surface area contributed by atoms with Crippen LogP contribution in [0.1, 0.15) is 67.8 Å². The Morgan fingerprint density at radius 3 is 2.51 bits per heavy atom. The zero-order valence-electron chi connectivity index (χ0n) is 24.3.